The third-order valence-corrected chi connectivity index (χ3v) is 5.51. The van der Waals surface area contributed by atoms with Gasteiger partial charge in [-0.1, -0.05) is 18.2 Å². The van der Waals surface area contributed by atoms with Crippen molar-refractivity contribution in [3.05, 3.63) is 58.8 Å². The highest BCUT2D eigenvalue weighted by Crippen LogP contribution is 2.35. The van der Waals surface area contributed by atoms with E-state index in [0.29, 0.717) is 10.5 Å². The molecule has 3 heterocycles. The fourth-order valence-corrected chi connectivity index (χ4v) is 4.11. The normalized spacial score (nSPS) is 11.3. The summed E-state index contributed by atoms with van der Waals surface area (Å²) in [5.74, 6) is 0.678. The quantitative estimate of drug-likeness (QED) is 0.564. The molecule has 25 heavy (non-hydrogen) atoms. The van der Waals surface area contributed by atoms with Gasteiger partial charge in [0.25, 0.3) is 5.56 Å². The summed E-state index contributed by atoms with van der Waals surface area (Å²) in [6, 6.07) is 11.6. The van der Waals surface area contributed by atoms with E-state index in [9.17, 15) is 4.79 Å². The number of fused-ring (bicyclic) bond motifs is 3. The first-order chi connectivity index (χ1) is 12.1. The molecular formula is C19H18N4OS. The molecule has 0 saturated carbocycles. The van der Waals surface area contributed by atoms with Crippen molar-refractivity contribution in [2.75, 3.05) is 18.5 Å². The van der Waals surface area contributed by atoms with Crippen LogP contribution in [0.3, 0.4) is 0 Å². The number of thiophene rings is 1. The van der Waals surface area contributed by atoms with Gasteiger partial charge in [0.1, 0.15) is 20.9 Å². The number of aromatic nitrogens is 3. The molecule has 0 spiro atoms. The first-order valence-corrected chi connectivity index (χ1v) is 9.01. The zero-order valence-corrected chi connectivity index (χ0v) is 15.2. The lowest BCUT2D eigenvalue weighted by Gasteiger charge is -2.17. The van der Waals surface area contributed by atoms with Crippen molar-refractivity contribution < 1.29 is 0 Å². The highest BCUT2D eigenvalue weighted by molar-refractivity contribution is 7.25. The Morgan fingerprint density at radius 1 is 1.20 bits per heavy atom. The third-order valence-electron chi connectivity index (χ3n) is 4.44. The van der Waals surface area contributed by atoms with E-state index in [1.165, 1.54) is 11.3 Å². The largest absolute Gasteiger partial charge is 0.374 e. The summed E-state index contributed by atoms with van der Waals surface area (Å²) >= 11 is 1.41. The molecule has 6 heteroatoms. The molecule has 0 unspecified atom stereocenters. The van der Waals surface area contributed by atoms with Crippen LogP contribution in [0.5, 0.6) is 0 Å². The van der Waals surface area contributed by atoms with E-state index in [1.54, 1.807) is 10.8 Å². The number of hydrogen-bond acceptors (Lipinski definition) is 5. The van der Waals surface area contributed by atoms with Crippen LogP contribution in [-0.4, -0.2) is 28.1 Å². The Bertz CT molecular complexity index is 1130. The summed E-state index contributed by atoms with van der Waals surface area (Å²) in [5, 5.41) is 0.965. The van der Waals surface area contributed by atoms with E-state index in [2.05, 4.69) is 16.8 Å². The Balaban J connectivity index is 2.11. The summed E-state index contributed by atoms with van der Waals surface area (Å²) in [6.07, 6.45) is 1.79. The number of aryl methyl sites for hydroxylation is 1. The van der Waals surface area contributed by atoms with Crippen molar-refractivity contribution in [2.24, 2.45) is 0 Å². The van der Waals surface area contributed by atoms with Gasteiger partial charge in [0.15, 0.2) is 0 Å². The minimum atomic E-state index is -0.0400. The fraction of sp³-hybridized carbons (Fsp3) is 0.211. The van der Waals surface area contributed by atoms with Crippen molar-refractivity contribution in [3.8, 4) is 5.69 Å². The molecule has 4 rings (SSSR count). The molecule has 0 amide bonds. The second-order valence-electron chi connectivity index (χ2n) is 5.94. The van der Waals surface area contributed by atoms with Crippen LogP contribution in [0, 0.1) is 6.92 Å². The molecule has 0 aliphatic heterocycles. The SMILES string of the molecule is CCN(C)c1ccnc2sc3c(=O)n(-c4ccccc4)c(C)nc3c12. The van der Waals surface area contributed by atoms with Crippen molar-refractivity contribution in [1.29, 1.82) is 0 Å². The van der Waals surface area contributed by atoms with E-state index < -0.39 is 0 Å². The van der Waals surface area contributed by atoms with Gasteiger partial charge in [-0.25, -0.2) is 9.97 Å². The van der Waals surface area contributed by atoms with Gasteiger partial charge in [-0.2, -0.15) is 0 Å². The Kier molecular flexibility index (Phi) is 3.77. The van der Waals surface area contributed by atoms with Gasteiger partial charge in [-0.3, -0.25) is 9.36 Å². The molecule has 0 aliphatic rings. The number of rotatable bonds is 3. The summed E-state index contributed by atoms with van der Waals surface area (Å²) in [7, 11) is 2.04. The lowest BCUT2D eigenvalue weighted by Crippen LogP contribution is -2.21. The Morgan fingerprint density at radius 3 is 2.68 bits per heavy atom. The molecule has 0 bridgehead atoms. The third kappa shape index (κ3) is 2.41. The molecule has 0 saturated heterocycles. The lowest BCUT2D eigenvalue weighted by molar-refractivity contribution is 0.898. The summed E-state index contributed by atoms with van der Waals surface area (Å²) in [5.41, 5.74) is 2.60. The van der Waals surface area contributed by atoms with E-state index in [0.717, 1.165) is 33.7 Å². The maximum Gasteiger partial charge on any atom is 0.276 e. The van der Waals surface area contributed by atoms with Crippen LogP contribution < -0.4 is 10.5 Å². The number of benzene rings is 1. The van der Waals surface area contributed by atoms with Crippen LogP contribution in [0.15, 0.2) is 47.4 Å². The van der Waals surface area contributed by atoms with E-state index in [-0.39, 0.29) is 5.56 Å². The standard InChI is InChI=1S/C19H18N4OS/c1-4-22(3)14-10-11-20-18-15(14)16-17(25-18)19(24)23(12(2)21-16)13-8-6-5-7-9-13/h5-11H,4H2,1-3H3. The monoisotopic (exact) mass is 350 g/mol. The van der Waals surface area contributed by atoms with Gasteiger partial charge in [-0.05, 0) is 32.0 Å². The molecule has 0 N–H and O–H groups in total. The zero-order chi connectivity index (χ0) is 17.6. The van der Waals surface area contributed by atoms with Gasteiger partial charge in [0.2, 0.25) is 0 Å². The smallest absolute Gasteiger partial charge is 0.276 e. The molecule has 0 radical (unpaired) electrons. The molecule has 3 aromatic heterocycles. The minimum Gasteiger partial charge on any atom is -0.374 e. The van der Waals surface area contributed by atoms with Crippen LogP contribution in [0.25, 0.3) is 26.1 Å². The van der Waals surface area contributed by atoms with Crippen LogP contribution in [0.2, 0.25) is 0 Å². The zero-order valence-electron chi connectivity index (χ0n) is 14.4. The van der Waals surface area contributed by atoms with Gasteiger partial charge < -0.3 is 4.90 Å². The highest BCUT2D eigenvalue weighted by Gasteiger charge is 2.19. The van der Waals surface area contributed by atoms with E-state index >= 15 is 0 Å². The Morgan fingerprint density at radius 2 is 1.96 bits per heavy atom. The molecule has 4 aromatic rings. The maximum atomic E-state index is 13.2. The molecule has 1 aromatic carbocycles. The first-order valence-electron chi connectivity index (χ1n) is 8.19. The first kappa shape index (κ1) is 15.8. The summed E-state index contributed by atoms with van der Waals surface area (Å²) < 4.78 is 2.31. The maximum absolute atomic E-state index is 13.2. The van der Waals surface area contributed by atoms with Crippen LogP contribution in [-0.2, 0) is 0 Å². The molecule has 0 atom stereocenters. The number of pyridine rings is 1. The van der Waals surface area contributed by atoms with Crippen molar-refractivity contribution in [1.82, 2.24) is 14.5 Å². The average molecular weight is 350 g/mol. The second-order valence-corrected chi connectivity index (χ2v) is 6.94. The molecule has 0 aliphatic carbocycles. The van der Waals surface area contributed by atoms with Crippen LogP contribution >= 0.6 is 11.3 Å². The van der Waals surface area contributed by atoms with Gasteiger partial charge in [-0.15, -0.1) is 11.3 Å². The average Bonchev–Trinajstić information content (AvgIpc) is 3.01. The Labute approximate surface area is 149 Å². The summed E-state index contributed by atoms with van der Waals surface area (Å²) in [6.45, 7) is 4.84. The topological polar surface area (TPSA) is 51.0 Å². The number of anilines is 1. The molecular weight excluding hydrogens is 332 g/mol. The van der Waals surface area contributed by atoms with Crippen molar-refractivity contribution in [3.63, 3.8) is 0 Å². The number of nitrogens with zero attached hydrogens (tertiary/aromatic N) is 4. The van der Waals surface area contributed by atoms with Crippen LogP contribution in [0.4, 0.5) is 5.69 Å². The highest BCUT2D eigenvalue weighted by atomic mass is 32.1. The second kappa shape index (κ2) is 5.97. The van der Waals surface area contributed by atoms with E-state index in [1.807, 2.05) is 50.4 Å². The van der Waals surface area contributed by atoms with Gasteiger partial charge in [0, 0.05) is 19.8 Å². The fourth-order valence-electron chi connectivity index (χ4n) is 3.07. The summed E-state index contributed by atoms with van der Waals surface area (Å²) in [4.78, 5) is 25.4. The molecule has 126 valence electrons. The Hall–Kier alpha value is -2.73. The van der Waals surface area contributed by atoms with Crippen molar-refractivity contribution >= 4 is 37.5 Å². The van der Waals surface area contributed by atoms with Gasteiger partial charge >= 0.3 is 0 Å². The molecule has 0 fully saturated rings. The predicted octanol–water partition coefficient (Wildman–Crippen LogP) is 3.76. The molecule has 5 nitrogen and oxygen atoms in total. The minimum absolute atomic E-state index is 0.0400. The number of para-hydroxylation sites is 1. The van der Waals surface area contributed by atoms with Crippen LogP contribution in [0.1, 0.15) is 12.7 Å². The van der Waals surface area contributed by atoms with E-state index in [4.69, 9.17) is 4.98 Å². The predicted molar refractivity (Wildman–Crippen MR) is 104 cm³/mol. The van der Waals surface area contributed by atoms with Gasteiger partial charge in [0.05, 0.1) is 16.8 Å². The number of hydrogen-bond donors (Lipinski definition) is 0. The van der Waals surface area contributed by atoms with Crippen molar-refractivity contribution in [2.45, 2.75) is 13.8 Å². The lowest BCUT2D eigenvalue weighted by atomic mass is 10.2.